The monoisotopic (exact) mass is 437 g/mol. The Morgan fingerprint density at radius 1 is 1.09 bits per heavy atom. The van der Waals surface area contributed by atoms with Crippen molar-refractivity contribution in [1.29, 1.82) is 0 Å². The van der Waals surface area contributed by atoms with Crippen molar-refractivity contribution < 1.29 is 18.7 Å². The van der Waals surface area contributed by atoms with Gasteiger partial charge >= 0.3 is 0 Å². The number of rotatable bonds is 5. The molecule has 1 amide bonds. The summed E-state index contributed by atoms with van der Waals surface area (Å²) in [4.78, 5) is 32.8. The maximum atomic E-state index is 13.6. The summed E-state index contributed by atoms with van der Waals surface area (Å²) in [6, 6.07) is 10.2. The number of hydrogen-bond donors (Lipinski definition) is 1. The zero-order valence-corrected chi connectivity index (χ0v) is 18.8. The molecule has 2 heterocycles. The first-order chi connectivity index (χ1) is 15.3. The van der Waals surface area contributed by atoms with Gasteiger partial charge in [-0.2, -0.15) is 0 Å². The van der Waals surface area contributed by atoms with Crippen molar-refractivity contribution in [2.75, 3.05) is 20.2 Å². The summed E-state index contributed by atoms with van der Waals surface area (Å²) >= 11 is 0. The van der Waals surface area contributed by atoms with Crippen LogP contribution in [0.1, 0.15) is 47.1 Å². The average molecular weight is 438 g/mol. The fourth-order valence-electron chi connectivity index (χ4n) is 4.46. The molecule has 1 aromatic heterocycles. The number of carbonyl (C=O) groups excluding carboxylic acids is 2. The van der Waals surface area contributed by atoms with Gasteiger partial charge in [-0.3, -0.25) is 14.5 Å². The van der Waals surface area contributed by atoms with E-state index in [0.717, 1.165) is 16.5 Å². The van der Waals surface area contributed by atoms with E-state index >= 15 is 0 Å². The summed E-state index contributed by atoms with van der Waals surface area (Å²) in [5.74, 6) is 0.0661. The summed E-state index contributed by atoms with van der Waals surface area (Å²) in [6.45, 7) is 7.61. The van der Waals surface area contributed by atoms with Crippen molar-refractivity contribution in [3.8, 4) is 5.75 Å². The number of benzene rings is 2. The van der Waals surface area contributed by atoms with Crippen LogP contribution in [0, 0.1) is 5.82 Å². The molecule has 1 aliphatic rings. The molecule has 4 rings (SSSR count). The van der Waals surface area contributed by atoms with E-state index in [1.165, 1.54) is 19.1 Å². The lowest BCUT2D eigenvalue weighted by molar-refractivity contribution is 0.0288. The van der Waals surface area contributed by atoms with Gasteiger partial charge in [0.25, 0.3) is 5.91 Å². The fourth-order valence-corrected chi connectivity index (χ4v) is 4.46. The second kappa shape index (κ2) is 8.74. The van der Waals surface area contributed by atoms with Gasteiger partial charge in [-0.25, -0.2) is 4.39 Å². The lowest BCUT2D eigenvalue weighted by Gasteiger charge is -2.44. The number of H-pyrrole nitrogens is 1. The lowest BCUT2D eigenvalue weighted by atomic mass is 10.0. The summed E-state index contributed by atoms with van der Waals surface area (Å²) in [5, 5.41) is 0.720. The van der Waals surface area contributed by atoms with E-state index in [1.807, 2.05) is 11.8 Å². The lowest BCUT2D eigenvalue weighted by Crippen LogP contribution is -2.57. The summed E-state index contributed by atoms with van der Waals surface area (Å²) in [5.41, 5.74) is 2.81. The molecule has 0 radical (unpaired) electrons. The van der Waals surface area contributed by atoms with Gasteiger partial charge in [0, 0.05) is 60.4 Å². The van der Waals surface area contributed by atoms with E-state index < -0.39 is 0 Å². The van der Waals surface area contributed by atoms with Gasteiger partial charge in [0.15, 0.2) is 5.78 Å². The highest BCUT2D eigenvalue weighted by Gasteiger charge is 2.33. The maximum Gasteiger partial charge on any atom is 0.257 e. The number of amides is 1. The molecule has 3 aromatic rings. The Labute approximate surface area is 187 Å². The molecule has 1 aliphatic heterocycles. The highest BCUT2D eigenvalue weighted by molar-refractivity contribution is 6.10. The molecule has 1 unspecified atom stereocenters. The minimum Gasteiger partial charge on any atom is -0.496 e. The van der Waals surface area contributed by atoms with Crippen LogP contribution in [0.4, 0.5) is 4.39 Å². The topological polar surface area (TPSA) is 65.6 Å². The third-order valence-corrected chi connectivity index (χ3v) is 6.29. The number of Topliss-reactive ketones (excluding diaryl/α,β-unsaturated/α-hetero) is 1. The molecule has 6 nitrogen and oxygen atoms in total. The molecular weight excluding hydrogens is 409 g/mol. The van der Waals surface area contributed by atoms with Gasteiger partial charge < -0.3 is 14.6 Å². The number of methoxy groups -OCH3 is 1. The van der Waals surface area contributed by atoms with Crippen LogP contribution in [0.15, 0.2) is 42.6 Å². The Kier molecular flexibility index (Phi) is 6.02. The van der Waals surface area contributed by atoms with Crippen molar-refractivity contribution in [2.24, 2.45) is 0 Å². The van der Waals surface area contributed by atoms with Gasteiger partial charge in [-0.1, -0.05) is 12.1 Å². The van der Waals surface area contributed by atoms with Crippen molar-refractivity contribution in [2.45, 2.75) is 39.4 Å². The van der Waals surface area contributed by atoms with Crippen molar-refractivity contribution in [3.63, 3.8) is 0 Å². The second-order valence-electron chi connectivity index (χ2n) is 8.57. The molecule has 168 valence electrons. The number of nitrogens with zero attached hydrogens (tertiary/aromatic N) is 2. The van der Waals surface area contributed by atoms with Gasteiger partial charge in [0.2, 0.25) is 0 Å². The van der Waals surface area contributed by atoms with Gasteiger partial charge in [0.1, 0.15) is 11.6 Å². The zero-order valence-electron chi connectivity index (χ0n) is 18.8. The van der Waals surface area contributed by atoms with Crippen LogP contribution in [-0.2, 0) is 6.54 Å². The number of piperazine rings is 1. The average Bonchev–Trinajstić information content (AvgIpc) is 3.19. The number of aromatic amines is 1. The summed E-state index contributed by atoms with van der Waals surface area (Å²) < 4.78 is 18.7. The second-order valence-corrected chi connectivity index (χ2v) is 8.57. The molecule has 0 spiro atoms. The predicted molar refractivity (Wildman–Crippen MR) is 122 cm³/mol. The first-order valence-electron chi connectivity index (χ1n) is 10.8. The zero-order chi connectivity index (χ0) is 23.0. The predicted octanol–water partition coefficient (Wildman–Crippen LogP) is 4.25. The Morgan fingerprint density at radius 2 is 1.81 bits per heavy atom. The largest absolute Gasteiger partial charge is 0.496 e. The maximum absolute atomic E-state index is 13.6. The van der Waals surface area contributed by atoms with Crippen LogP contribution >= 0.6 is 0 Å². The highest BCUT2D eigenvalue weighted by atomic mass is 19.1. The first kappa shape index (κ1) is 22.0. The Morgan fingerprint density at radius 3 is 2.47 bits per heavy atom. The third kappa shape index (κ3) is 4.12. The minimum atomic E-state index is -0.244. The minimum absolute atomic E-state index is 0.0157. The molecule has 7 heteroatoms. The van der Waals surface area contributed by atoms with E-state index in [4.69, 9.17) is 4.74 Å². The molecule has 0 bridgehead atoms. The molecule has 2 aromatic carbocycles. The number of ether oxygens (including phenoxy) is 1. The number of aromatic nitrogens is 1. The van der Waals surface area contributed by atoms with Crippen LogP contribution in [0.3, 0.4) is 0 Å². The number of fused-ring (bicyclic) bond motifs is 1. The molecule has 1 fully saturated rings. The number of hydrogen-bond acceptors (Lipinski definition) is 4. The van der Waals surface area contributed by atoms with Crippen molar-refractivity contribution in [1.82, 2.24) is 14.8 Å². The molecule has 32 heavy (non-hydrogen) atoms. The van der Waals surface area contributed by atoms with Crippen LogP contribution in [0.5, 0.6) is 5.75 Å². The number of ketones is 1. The van der Waals surface area contributed by atoms with E-state index in [9.17, 15) is 14.0 Å². The fraction of sp³-hybridized carbons (Fsp3) is 0.360. The van der Waals surface area contributed by atoms with Crippen LogP contribution < -0.4 is 4.74 Å². The molecular formula is C25H28FN3O3. The van der Waals surface area contributed by atoms with Gasteiger partial charge in [-0.15, -0.1) is 0 Å². The Bertz CT molecular complexity index is 1160. The number of nitrogens with one attached hydrogen (secondary N) is 1. The molecule has 2 atom stereocenters. The quantitative estimate of drug-likeness (QED) is 0.606. The number of halogens is 1. The summed E-state index contributed by atoms with van der Waals surface area (Å²) in [7, 11) is 1.54. The molecule has 1 saturated heterocycles. The van der Waals surface area contributed by atoms with E-state index in [1.54, 1.807) is 37.6 Å². The van der Waals surface area contributed by atoms with Crippen molar-refractivity contribution in [3.05, 3.63) is 65.1 Å². The highest BCUT2D eigenvalue weighted by Crippen LogP contribution is 2.30. The molecule has 1 N–H and O–H groups in total. The Balaban J connectivity index is 1.58. The van der Waals surface area contributed by atoms with Crippen LogP contribution in [0.25, 0.3) is 10.9 Å². The van der Waals surface area contributed by atoms with Gasteiger partial charge in [0.05, 0.1) is 12.7 Å². The summed E-state index contributed by atoms with van der Waals surface area (Å²) in [6.07, 6.45) is 1.67. The third-order valence-electron chi connectivity index (χ3n) is 6.29. The molecule has 0 aliphatic carbocycles. The van der Waals surface area contributed by atoms with E-state index in [0.29, 0.717) is 36.5 Å². The smallest absolute Gasteiger partial charge is 0.257 e. The first-order valence-corrected chi connectivity index (χ1v) is 10.8. The standard InChI is InChI=1S/C25H28FN3O3/c1-15-13-29(16(2)12-28(15)14-18-5-7-19(26)8-6-18)25(31)21-9-20-22(17(3)30)11-27-23(20)10-24(21)32-4/h5-11,15-16,27H,12-14H2,1-4H3/t15-,16?/m0/s1. The number of carbonyl (C=O) groups is 2. The SMILES string of the molecule is COc1cc2[nH]cc(C(C)=O)c2cc1C(=O)N1C[C@H](C)N(Cc2ccc(F)cc2)CC1C. The normalized spacial score (nSPS) is 19.3. The van der Waals surface area contributed by atoms with Crippen LogP contribution in [-0.4, -0.2) is 58.8 Å². The Hall–Kier alpha value is -3.19. The molecule has 0 saturated carbocycles. The van der Waals surface area contributed by atoms with Crippen molar-refractivity contribution >= 4 is 22.6 Å². The van der Waals surface area contributed by atoms with Gasteiger partial charge in [-0.05, 0) is 44.5 Å². The van der Waals surface area contributed by atoms with E-state index in [-0.39, 0.29) is 29.6 Å². The van der Waals surface area contributed by atoms with Crippen LogP contribution in [0.2, 0.25) is 0 Å². The van der Waals surface area contributed by atoms with E-state index in [2.05, 4.69) is 16.8 Å².